The van der Waals surface area contributed by atoms with Crippen molar-refractivity contribution >= 4 is 17.6 Å². The molecule has 4 bridgehead atoms. The lowest BCUT2D eigenvalue weighted by Gasteiger charge is -2.55. The smallest absolute Gasteiger partial charge is 0.254 e. The van der Waals surface area contributed by atoms with Crippen molar-refractivity contribution in [1.82, 2.24) is 14.9 Å². The minimum absolute atomic E-state index is 0.127. The van der Waals surface area contributed by atoms with Crippen molar-refractivity contribution in [2.75, 3.05) is 11.9 Å². The van der Waals surface area contributed by atoms with Crippen LogP contribution in [0.2, 0.25) is 0 Å². The Balaban J connectivity index is 1.20. The van der Waals surface area contributed by atoms with Crippen LogP contribution in [0.15, 0.2) is 30.6 Å². The van der Waals surface area contributed by atoms with Crippen LogP contribution in [-0.2, 0) is 17.8 Å². The fourth-order valence-electron chi connectivity index (χ4n) is 7.04. The summed E-state index contributed by atoms with van der Waals surface area (Å²) in [5.74, 6) is 2.34. The topological polar surface area (TPSA) is 75.2 Å². The third kappa shape index (κ3) is 3.29. The molecule has 7 rings (SSSR count). The van der Waals surface area contributed by atoms with E-state index in [0.29, 0.717) is 48.6 Å². The van der Waals surface area contributed by atoms with Gasteiger partial charge in [0.05, 0.1) is 17.7 Å². The van der Waals surface area contributed by atoms with E-state index in [2.05, 4.69) is 15.3 Å². The van der Waals surface area contributed by atoms with Crippen molar-refractivity contribution < 1.29 is 14.0 Å². The lowest BCUT2D eigenvalue weighted by atomic mass is 9.49. The van der Waals surface area contributed by atoms with Gasteiger partial charge in [-0.1, -0.05) is 0 Å². The van der Waals surface area contributed by atoms with Crippen molar-refractivity contribution in [3.8, 4) is 0 Å². The van der Waals surface area contributed by atoms with E-state index in [1.807, 2.05) is 0 Å². The summed E-state index contributed by atoms with van der Waals surface area (Å²) in [7, 11) is 0. The minimum atomic E-state index is -0.363. The molecule has 0 spiro atoms. The second kappa shape index (κ2) is 7.36. The first kappa shape index (κ1) is 19.8. The highest BCUT2D eigenvalue weighted by Gasteiger charge is 2.54. The Morgan fingerprint density at radius 2 is 1.66 bits per heavy atom. The number of hydrogen-bond donors (Lipinski definition) is 1. The summed E-state index contributed by atoms with van der Waals surface area (Å²) in [6.07, 6.45) is 8.99. The first-order valence-electron chi connectivity index (χ1n) is 11.7. The maximum absolute atomic E-state index is 13.5. The van der Waals surface area contributed by atoms with Crippen LogP contribution in [-0.4, -0.2) is 33.2 Å². The van der Waals surface area contributed by atoms with Crippen LogP contribution in [0.4, 0.5) is 10.2 Å². The molecule has 1 aromatic heterocycles. The van der Waals surface area contributed by atoms with Gasteiger partial charge in [0.1, 0.15) is 18.0 Å². The van der Waals surface area contributed by atoms with Gasteiger partial charge in [-0.25, -0.2) is 14.4 Å². The first-order chi connectivity index (χ1) is 15.5. The summed E-state index contributed by atoms with van der Waals surface area (Å²) in [6.45, 7) is 0.866. The van der Waals surface area contributed by atoms with Gasteiger partial charge in [0.25, 0.3) is 5.91 Å². The van der Waals surface area contributed by atoms with E-state index in [-0.39, 0.29) is 23.0 Å². The van der Waals surface area contributed by atoms with Gasteiger partial charge in [-0.15, -0.1) is 0 Å². The van der Waals surface area contributed by atoms with Crippen LogP contribution in [0.5, 0.6) is 0 Å². The normalized spacial score (nSPS) is 30.2. The Morgan fingerprint density at radius 3 is 2.31 bits per heavy atom. The molecular weight excluding hydrogens is 407 g/mol. The van der Waals surface area contributed by atoms with E-state index in [1.54, 1.807) is 4.90 Å². The van der Waals surface area contributed by atoms with E-state index in [0.717, 1.165) is 30.5 Å². The zero-order valence-corrected chi connectivity index (χ0v) is 18.0. The lowest BCUT2D eigenvalue weighted by Crippen LogP contribution is -2.52. The summed E-state index contributed by atoms with van der Waals surface area (Å²) in [4.78, 5) is 36.8. The van der Waals surface area contributed by atoms with Gasteiger partial charge in [0.2, 0.25) is 5.91 Å². The monoisotopic (exact) mass is 434 g/mol. The van der Waals surface area contributed by atoms with Crippen molar-refractivity contribution in [2.24, 2.45) is 23.2 Å². The summed E-state index contributed by atoms with van der Waals surface area (Å²) in [6, 6.07) is 5.60. The van der Waals surface area contributed by atoms with Gasteiger partial charge in [0.15, 0.2) is 0 Å². The number of fused-ring (bicyclic) bond motifs is 1. The second-order valence-electron chi connectivity index (χ2n) is 10.3. The number of carbonyl (C=O) groups is 2. The molecule has 1 N–H and O–H groups in total. The summed E-state index contributed by atoms with van der Waals surface area (Å²) >= 11 is 0. The third-order valence-electron chi connectivity index (χ3n) is 8.14. The highest BCUT2D eigenvalue weighted by atomic mass is 19.1. The van der Waals surface area contributed by atoms with Crippen molar-refractivity contribution in [2.45, 2.75) is 51.5 Å². The van der Waals surface area contributed by atoms with Crippen LogP contribution < -0.4 is 5.32 Å². The standard InChI is InChI=1S/C25H27FN4O2/c26-19-3-1-18(2-4-19)23(31)30-6-5-20-21(13-30)27-14-28-22(20)29-24(32)25-10-15-7-16(11-25)9-17(8-15)12-25/h1-4,14-17H,5-13H2,(H,27,28,29,32). The van der Waals surface area contributed by atoms with Crippen LogP contribution in [0.1, 0.15) is 60.1 Å². The summed E-state index contributed by atoms with van der Waals surface area (Å²) in [5.41, 5.74) is 1.92. The lowest BCUT2D eigenvalue weighted by molar-refractivity contribution is -0.140. The van der Waals surface area contributed by atoms with Gasteiger partial charge >= 0.3 is 0 Å². The molecule has 4 saturated carbocycles. The number of anilines is 1. The maximum atomic E-state index is 13.5. The number of hydrogen-bond acceptors (Lipinski definition) is 4. The number of aromatic nitrogens is 2. The Kier molecular flexibility index (Phi) is 4.56. The SMILES string of the molecule is O=C(c1ccc(F)cc1)N1CCc2c(ncnc2NC(=O)C23CC4CC(CC(C4)C2)C3)C1. The van der Waals surface area contributed by atoms with Crippen molar-refractivity contribution in [3.05, 3.63) is 53.2 Å². The molecule has 1 aromatic carbocycles. The molecule has 32 heavy (non-hydrogen) atoms. The number of amides is 2. The minimum Gasteiger partial charge on any atom is -0.332 e. The molecule has 0 unspecified atom stereocenters. The number of benzene rings is 1. The predicted molar refractivity (Wildman–Crippen MR) is 116 cm³/mol. The van der Waals surface area contributed by atoms with E-state index in [9.17, 15) is 14.0 Å². The highest BCUT2D eigenvalue weighted by molar-refractivity contribution is 5.96. The Labute approximate surface area is 186 Å². The summed E-state index contributed by atoms with van der Waals surface area (Å²) < 4.78 is 13.2. The Bertz CT molecular complexity index is 1050. The molecule has 4 aliphatic carbocycles. The number of halogens is 1. The molecule has 0 saturated heterocycles. The molecule has 7 heteroatoms. The zero-order valence-electron chi connectivity index (χ0n) is 18.0. The van der Waals surface area contributed by atoms with E-state index >= 15 is 0 Å². The molecular formula is C25H27FN4O2. The third-order valence-corrected chi connectivity index (χ3v) is 8.14. The summed E-state index contributed by atoms with van der Waals surface area (Å²) in [5, 5.41) is 3.17. The van der Waals surface area contributed by atoms with Crippen molar-refractivity contribution in [3.63, 3.8) is 0 Å². The van der Waals surface area contributed by atoms with Gasteiger partial charge in [-0.3, -0.25) is 9.59 Å². The van der Waals surface area contributed by atoms with Gasteiger partial charge < -0.3 is 10.2 Å². The molecule has 0 radical (unpaired) electrons. The molecule has 2 heterocycles. The van der Waals surface area contributed by atoms with Crippen LogP contribution in [0.25, 0.3) is 0 Å². The Hall–Kier alpha value is -2.83. The van der Waals surface area contributed by atoms with E-state index in [4.69, 9.17) is 0 Å². The molecule has 4 fully saturated rings. The van der Waals surface area contributed by atoms with E-state index < -0.39 is 0 Å². The van der Waals surface area contributed by atoms with Crippen LogP contribution in [0, 0.1) is 29.0 Å². The van der Waals surface area contributed by atoms with Crippen LogP contribution in [0.3, 0.4) is 0 Å². The van der Waals surface area contributed by atoms with Gasteiger partial charge in [-0.2, -0.15) is 0 Å². The average Bonchev–Trinajstić information content (AvgIpc) is 2.78. The maximum Gasteiger partial charge on any atom is 0.254 e. The molecule has 2 amide bonds. The van der Waals surface area contributed by atoms with Gasteiger partial charge in [-0.05, 0) is 87.0 Å². The molecule has 2 aromatic rings. The van der Waals surface area contributed by atoms with Crippen LogP contribution >= 0.6 is 0 Å². The first-order valence-corrected chi connectivity index (χ1v) is 11.7. The average molecular weight is 435 g/mol. The number of rotatable bonds is 3. The number of nitrogens with one attached hydrogen (secondary N) is 1. The number of carbonyl (C=O) groups excluding carboxylic acids is 2. The zero-order chi connectivity index (χ0) is 21.9. The molecule has 0 atom stereocenters. The quantitative estimate of drug-likeness (QED) is 0.793. The molecule has 1 aliphatic heterocycles. The van der Waals surface area contributed by atoms with E-state index in [1.165, 1.54) is 49.9 Å². The molecule has 6 nitrogen and oxygen atoms in total. The molecule has 5 aliphatic rings. The number of nitrogens with zero attached hydrogens (tertiary/aromatic N) is 3. The fraction of sp³-hybridized carbons (Fsp3) is 0.520. The predicted octanol–water partition coefficient (Wildman–Crippen LogP) is 3.97. The van der Waals surface area contributed by atoms with Gasteiger partial charge in [0, 0.05) is 17.7 Å². The largest absolute Gasteiger partial charge is 0.332 e. The molecule has 166 valence electrons. The Morgan fingerprint density at radius 1 is 1.00 bits per heavy atom. The highest BCUT2D eigenvalue weighted by Crippen LogP contribution is 2.60. The second-order valence-corrected chi connectivity index (χ2v) is 10.3. The fourth-order valence-corrected chi connectivity index (χ4v) is 7.04. The van der Waals surface area contributed by atoms with Crippen molar-refractivity contribution in [1.29, 1.82) is 0 Å².